The van der Waals surface area contributed by atoms with Crippen molar-refractivity contribution in [3.63, 3.8) is 0 Å². The molecule has 0 amide bonds. The number of aliphatic hydroxyl groups is 1. The van der Waals surface area contributed by atoms with E-state index in [4.69, 9.17) is 4.74 Å². The van der Waals surface area contributed by atoms with Crippen molar-refractivity contribution < 1.29 is 23.8 Å². The van der Waals surface area contributed by atoms with Crippen LogP contribution in [0, 0.1) is 28.6 Å². The second-order valence-electron chi connectivity index (χ2n) is 10.3. The summed E-state index contributed by atoms with van der Waals surface area (Å²) >= 11 is 0. The predicted molar refractivity (Wildman–Crippen MR) is 96.7 cm³/mol. The number of ether oxygens (including phenoxy) is 1. The van der Waals surface area contributed by atoms with E-state index in [-0.39, 0.29) is 35.4 Å². The van der Waals surface area contributed by atoms with Gasteiger partial charge in [0.1, 0.15) is 17.4 Å². The Morgan fingerprint density at radius 2 is 2.00 bits per heavy atom. The van der Waals surface area contributed by atoms with Crippen molar-refractivity contribution in [2.24, 2.45) is 28.6 Å². The average molecular weight is 376 g/mol. The fourth-order valence-electron chi connectivity index (χ4n) is 8.09. The van der Waals surface area contributed by atoms with Gasteiger partial charge in [-0.05, 0) is 62.0 Å². The van der Waals surface area contributed by atoms with Gasteiger partial charge >= 0.3 is 0 Å². The van der Waals surface area contributed by atoms with Crippen LogP contribution in [0.2, 0.25) is 0 Å². The number of alkyl halides is 1. The number of hydrogen-bond acceptors (Lipinski definition) is 4. The summed E-state index contributed by atoms with van der Waals surface area (Å²) in [6.07, 6.45) is 3.05. The van der Waals surface area contributed by atoms with Crippen LogP contribution in [0.5, 0.6) is 0 Å². The van der Waals surface area contributed by atoms with Crippen LogP contribution in [0.3, 0.4) is 0 Å². The van der Waals surface area contributed by atoms with Crippen LogP contribution in [0.1, 0.15) is 59.8 Å². The summed E-state index contributed by atoms with van der Waals surface area (Å²) in [5.74, 6) is -0.291. The van der Waals surface area contributed by atoms with Gasteiger partial charge in [0.25, 0.3) is 0 Å². The van der Waals surface area contributed by atoms with Gasteiger partial charge in [-0.2, -0.15) is 0 Å². The second-order valence-corrected chi connectivity index (χ2v) is 10.3. The lowest BCUT2D eigenvalue weighted by Gasteiger charge is -2.57. The van der Waals surface area contributed by atoms with Gasteiger partial charge in [0.2, 0.25) is 0 Å². The van der Waals surface area contributed by atoms with E-state index < -0.39 is 28.2 Å². The van der Waals surface area contributed by atoms with Crippen molar-refractivity contribution >= 4 is 11.6 Å². The standard InChI is InChI=1S/C22H29FO4/c1-11-7-14-15-9-17(23)16-8-13(25)5-6-19(16,3)22(15)18(27-22)10-20(14,4)21(11,26)12(2)24/h8,11,14-15,17-18,26H,5-7,9-10H2,1-4H3/t11-,14+,15+,17+,18+,19+,20+,21+,22+/m1/s1. The number of carbonyl (C=O) groups is 2. The lowest BCUT2D eigenvalue weighted by molar-refractivity contribution is -0.162. The topological polar surface area (TPSA) is 66.9 Å². The van der Waals surface area contributed by atoms with Crippen molar-refractivity contribution in [2.45, 2.75) is 83.3 Å². The Bertz CT molecular complexity index is 791. The lowest BCUT2D eigenvalue weighted by Crippen LogP contribution is -2.63. The summed E-state index contributed by atoms with van der Waals surface area (Å²) in [6.45, 7) is 7.52. The van der Waals surface area contributed by atoms with E-state index in [1.54, 1.807) is 0 Å². The van der Waals surface area contributed by atoms with Gasteiger partial charge in [0, 0.05) is 17.3 Å². The van der Waals surface area contributed by atoms with Crippen LogP contribution in [-0.4, -0.2) is 40.2 Å². The fraction of sp³-hybridized carbons (Fsp3) is 0.818. The molecule has 5 aliphatic rings. The Balaban J connectivity index is 1.63. The third kappa shape index (κ3) is 1.73. The number of Topliss-reactive ketones (excluding diaryl/α,β-unsaturated/α-hetero) is 1. The molecule has 0 radical (unpaired) electrons. The minimum atomic E-state index is -1.37. The minimum Gasteiger partial charge on any atom is -0.381 e. The molecule has 1 spiro atoms. The number of halogens is 1. The molecule has 4 aliphatic carbocycles. The number of fused-ring (bicyclic) bond motifs is 3. The summed E-state index contributed by atoms with van der Waals surface area (Å²) in [5.41, 5.74) is -2.24. The summed E-state index contributed by atoms with van der Waals surface area (Å²) in [5, 5.41) is 11.5. The summed E-state index contributed by atoms with van der Waals surface area (Å²) in [7, 11) is 0. The molecular formula is C22H29FO4. The molecule has 5 heteroatoms. The summed E-state index contributed by atoms with van der Waals surface area (Å²) < 4.78 is 21.7. The number of ketones is 2. The molecule has 5 rings (SSSR count). The zero-order chi connectivity index (χ0) is 19.6. The van der Waals surface area contributed by atoms with Crippen LogP contribution in [0.25, 0.3) is 0 Å². The number of rotatable bonds is 1. The predicted octanol–water partition coefficient (Wildman–Crippen LogP) is 3.16. The van der Waals surface area contributed by atoms with Crippen LogP contribution in [0.4, 0.5) is 4.39 Å². The number of hydrogen-bond donors (Lipinski definition) is 1. The van der Waals surface area contributed by atoms with E-state index in [0.717, 1.165) is 6.42 Å². The maximum atomic E-state index is 15.3. The summed E-state index contributed by atoms with van der Waals surface area (Å²) in [6, 6.07) is 0. The molecule has 148 valence electrons. The number of carbonyl (C=O) groups excluding carboxylic acids is 2. The molecule has 1 N–H and O–H groups in total. The molecule has 3 saturated carbocycles. The lowest BCUT2D eigenvalue weighted by atomic mass is 9.45. The Morgan fingerprint density at radius 3 is 2.67 bits per heavy atom. The Kier molecular flexibility index (Phi) is 3.27. The Morgan fingerprint density at radius 1 is 1.30 bits per heavy atom. The van der Waals surface area contributed by atoms with Gasteiger partial charge < -0.3 is 9.84 Å². The maximum Gasteiger partial charge on any atom is 0.162 e. The van der Waals surface area contributed by atoms with E-state index in [2.05, 4.69) is 6.92 Å². The molecule has 4 nitrogen and oxygen atoms in total. The zero-order valence-electron chi connectivity index (χ0n) is 16.5. The first-order valence-corrected chi connectivity index (χ1v) is 10.3. The molecule has 0 unspecified atom stereocenters. The van der Waals surface area contributed by atoms with Gasteiger partial charge in [-0.3, -0.25) is 9.59 Å². The van der Waals surface area contributed by atoms with Gasteiger partial charge in [0.05, 0.1) is 6.10 Å². The molecule has 1 aliphatic heterocycles. The first-order chi connectivity index (χ1) is 12.5. The van der Waals surface area contributed by atoms with Crippen molar-refractivity contribution in [1.82, 2.24) is 0 Å². The van der Waals surface area contributed by atoms with Crippen LogP contribution >= 0.6 is 0 Å². The van der Waals surface area contributed by atoms with Gasteiger partial charge in [-0.15, -0.1) is 0 Å². The molecule has 0 aromatic carbocycles. The average Bonchev–Trinajstić information content (AvgIpc) is 3.27. The molecule has 27 heavy (non-hydrogen) atoms. The fourth-order valence-corrected chi connectivity index (χ4v) is 8.09. The maximum absolute atomic E-state index is 15.3. The third-order valence-corrected chi connectivity index (χ3v) is 9.44. The molecule has 0 aromatic rings. The molecule has 4 fully saturated rings. The van der Waals surface area contributed by atoms with Gasteiger partial charge in [0.15, 0.2) is 11.6 Å². The third-order valence-electron chi connectivity index (χ3n) is 9.44. The largest absolute Gasteiger partial charge is 0.381 e. The quantitative estimate of drug-likeness (QED) is 0.714. The molecule has 1 heterocycles. The van der Waals surface area contributed by atoms with Crippen molar-refractivity contribution in [3.8, 4) is 0 Å². The van der Waals surface area contributed by atoms with E-state index >= 15 is 4.39 Å². The molecular weight excluding hydrogens is 347 g/mol. The van der Waals surface area contributed by atoms with Crippen LogP contribution in [-0.2, 0) is 14.3 Å². The SMILES string of the molecule is CC(=O)[C@@]1(O)[C@H](C)C[C@H]2[C@@H]3C[C@H](F)C4=CC(=O)CC[C@]4(C)[C@]34O[C@H]4C[C@@]21C. The van der Waals surface area contributed by atoms with Crippen molar-refractivity contribution in [1.29, 1.82) is 0 Å². The highest BCUT2D eigenvalue weighted by molar-refractivity contribution is 5.92. The molecule has 1 saturated heterocycles. The summed E-state index contributed by atoms with van der Waals surface area (Å²) in [4.78, 5) is 24.5. The van der Waals surface area contributed by atoms with Gasteiger partial charge in [-0.25, -0.2) is 4.39 Å². The van der Waals surface area contributed by atoms with E-state index in [1.165, 1.54) is 13.0 Å². The monoisotopic (exact) mass is 376 g/mol. The first-order valence-electron chi connectivity index (χ1n) is 10.3. The number of epoxide rings is 1. The highest BCUT2D eigenvalue weighted by atomic mass is 19.1. The normalized spacial score (nSPS) is 58.5. The van der Waals surface area contributed by atoms with Crippen molar-refractivity contribution in [2.75, 3.05) is 0 Å². The highest BCUT2D eigenvalue weighted by Gasteiger charge is 2.82. The highest BCUT2D eigenvalue weighted by Crippen LogP contribution is 2.77. The van der Waals surface area contributed by atoms with E-state index in [0.29, 0.717) is 31.3 Å². The van der Waals surface area contributed by atoms with E-state index in [1.807, 2.05) is 13.8 Å². The van der Waals surface area contributed by atoms with Crippen LogP contribution < -0.4 is 0 Å². The van der Waals surface area contributed by atoms with Crippen molar-refractivity contribution in [3.05, 3.63) is 11.6 Å². The second kappa shape index (κ2) is 4.91. The van der Waals surface area contributed by atoms with Gasteiger partial charge in [-0.1, -0.05) is 20.8 Å². The smallest absolute Gasteiger partial charge is 0.162 e. The minimum absolute atomic E-state index is 0.0123. The zero-order valence-corrected chi connectivity index (χ0v) is 16.5. The Labute approximate surface area is 159 Å². The molecule has 0 aromatic heterocycles. The first kappa shape index (κ1) is 18.0. The molecule has 0 bridgehead atoms. The van der Waals surface area contributed by atoms with Crippen LogP contribution in [0.15, 0.2) is 11.6 Å². The Hall–Kier alpha value is -1.07. The van der Waals surface area contributed by atoms with E-state index in [9.17, 15) is 14.7 Å². The molecule has 9 atom stereocenters.